The van der Waals surface area contributed by atoms with Crippen LogP contribution < -0.4 is 0 Å². The average molecular weight is 243 g/mol. The molecule has 1 aromatic heterocycles. The maximum atomic E-state index is 13.6. The van der Waals surface area contributed by atoms with E-state index in [4.69, 9.17) is 5.11 Å². The first-order chi connectivity index (χ1) is 7.66. The van der Waals surface area contributed by atoms with E-state index >= 15 is 0 Å². The zero-order valence-corrected chi connectivity index (χ0v) is 9.89. The Bertz CT molecular complexity index is 371. The average Bonchev–Trinajstić information content (AvgIpc) is 2.26. The molecule has 0 aromatic carbocycles. The van der Waals surface area contributed by atoms with Crippen molar-refractivity contribution in [3.8, 4) is 0 Å². The number of carbonyl (C=O) groups is 1. The molecular weight excluding hydrogens is 229 g/mol. The lowest BCUT2D eigenvalue weighted by atomic mass is 10.3. The normalized spacial score (nSPS) is 10.4. The molecule has 0 aliphatic rings. The van der Waals surface area contributed by atoms with Crippen molar-refractivity contribution in [1.29, 1.82) is 0 Å². The topological polar surface area (TPSA) is 50.2 Å². The second kappa shape index (κ2) is 6.48. The van der Waals surface area contributed by atoms with Crippen molar-refractivity contribution in [2.75, 3.05) is 5.75 Å². The molecule has 0 aliphatic carbocycles. The molecule has 0 unspecified atom stereocenters. The van der Waals surface area contributed by atoms with Crippen molar-refractivity contribution in [2.45, 2.75) is 31.2 Å². The number of rotatable bonds is 6. The van der Waals surface area contributed by atoms with Gasteiger partial charge in [0.15, 0.2) is 5.82 Å². The molecule has 0 atom stereocenters. The van der Waals surface area contributed by atoms with Gasteiger partial charge >= 0.3 is 5.97 Å². The summed E-state index contributed by atoms with van der Waals surface area (Å²) in [4.78, 5) is 14.5. The quantitative estimate of drug-likeness (QED) is 0.615. The molecule has 88 valence electrons. The molecular formula is C11H14FNO2S. The van der Waals surface area contributed by atoms with Crippen molar-refractivity contribution in [3.63, 3.8) is 0 Å². The highest BCUT2D eigenvalue weighted by atomic mass is 32.2. The van der Waals surface area contributed by atoms with Crippen LogP contribution in [0.3, 0.4) is 0 Å². The van der Waals surface area contributed by atoms with Crippen LogP contribution in [0.25, 0.3) is 0 Å². The number of aromatic carboxylic acids is 1. The van der Waals surface area contributed by atoms with Gasteiger partial charge in [-0.3, -0.25) is 0 Å². The molecule has 0 aliphatic heterocycles. The van der Waals surface area contributed by atoms with Crippen LogP contribution in [0.15, 0.2) is 17.3 Å². The maximum Gasteiger partial charge on any atom is 0.338 e. The highest BCUT2D eigenvalue weighted by molar-refractivity contribution is 7.99. The summed E-state index contributed by atoms with van der Waals surface area (Å²) >= 11 is 1.27. The minimum absolute atomic E-state index is 0.177. The second-order valence-corrected chi connectivity index (χ2v) is 4.42. The molecule has 0 spiro atoms. The van der Waals surface area contributed by atoms with Gasteiger partial charge in [-0.25, -0.2) is 14.2 Å². The van der Waals surface area contributed by atoms with Crippen LogP contribution in [0.2, 0.25) is 0 Å². The maximum absolute atomic E-state index is 13.6. The number of unbranched alkanes of at least 4 members (excludes halogenated alkanes) is 2. The van der Waals surface area contributed by atoms with Crippen LogP contribution in [0.1, 0.15) is 36.5 Å². The van der Waals surface area contributed by atoms with E-state index in [0.29, 0.717) is 0 Å². The van der Waals surface area contributed by atoms with Gasteiger partial charge in [0.1, 0.15) is 5.03 Å². The van der Waals surface area contributed by atoms with Gasteiger partial charge in [0.25, 0.3) is 0 Å². The molecule has 0 fully saturated rings. The third-order valence-electron chi connectivity index (χ3n) is 2.07. The number of halogens is 1. The van der Waals surface area contributed by atoms with Crippen LogP contribution >= 0.6 is 11.8 Å². The number of carboxylic acids is 1. The summed E-state index contributed by atoms with van der Waals surface area (Å²) in [6.07, 6.45) is 4.51. The predicted octanol–water partition coefficient (Wildman–Crippen LogP) is 3.20. The molecule has 0 saturated carbocycles. The Balaban J connectivity index is 2.66. The van der Waals surface area contributed by atoms with Crippen LogP contribution in [0.5, 0.6) is 0 Å². The molecule has 3 nitrogen and oxygen atoms in total. The van der Waals surface area contributed by atoms with Crippen molar-refractivity contribution in [2.24, 2.45) is 0 Å². The van der Waals surface area contributed by atoms with Gasteiger partial charge in [-0.1, -0.05) is 19.8 Å². The first-order valence-corrected chi connectivity index (χ1v) is 6.16. The molecule has 1 aromatic rings. The molecule has 0 saturated heterocycles. The van der Waals surface area contributed by atoms with Crippen molar-refractivity contribution >= 4 is 17.7 Å². The van der Waals surface area contributed by atoms with E-state index in [-0.39, 0.29) is 10.6 Å². The SMILES string of the molecule is CCCCCSc1nccc(C(=O)O)c1F. The fraction of sp³-hybridized carbons (Fsp3) is 0.455. The van der Waals surface area contributed by atoms with Gasteiger partial charge in [0.05, 0.1) is 5.56 Å². The monoisotopic (exact) mass is 243 g/mol. The Labute approximate surface area is 98.1 Å². The first-order valence-electron chi connectivity index (χ1n) is 5.17. The van der Waals surface area contributed by atoms with Crippen molar-refractivity contribution in [3.05, 3.63) is 23.6 Å². The molecule has 1 heterocycles. The summed E-state index contributed by atoms with van der Waals surface area (Å²) < 4.78 is 13.6. The highest BCUT2D eigenvalue weighted by Gasteiger charge is 2.14. The second-order valence-electron chi connectivity index (χ2n) is 3.34. The van der Waals surface area contributed by atoms with E-state index in [0.717, 1.165) is 25.0 Å². The molecule has 1 N–H and O–H groups in total. The van der Waals surface area contributed by atoms with Crippen LogP contribution in [-0.2, 0) is 0 Å². The number of hydrogen-bond donors (Lipinski definition) is 1. The minimum atomic E-state index is -1.25. The highest BCUT2D eigenvalue weighted by Crippen LogP contribution is 2.22. The molecule has 16 heavy (non-hydrogen) atoms. The third-order valence-corrected chi connectivity index (χ3v) is 3.13. The Morgan fingerprint density at radius 3 is 2.94 bits per heavy atom. The van der Waals surface area contributed by atoms with Gasteiger partial charge in [-0.2, -0.15) is 0 Å². The lowest BCUT2D eigenvalue weighted by Gasteiger charge is -2.03. The van der Waals surface area contributed by atoms with E-state index < -0.39 is 11.8 Å². The summed E-state index contributed by atoms with van der Waals surface area (Å²) in [6, 6.07) is 1.17. The van der Waals surface area contributed by atoms with Gasteiger partial charge in [0.2, 0.25) is 0 Å². The van der Waals surface area contributed by atoms with Gasteiger partial charge in [-0.05, 0) is 18.2 Å². The number of pyridine rings is 1. The molecule has 0 amide bonds. The molecule has 5 heteroatoms. The van der Waals surface area contributed by atoms with Crippen LogP contribution in [-0.4, -0.2) is 21.8 Å². The number of hydrogen-bond acceptors (Lipinski definition) is 3. The summed E-state index contributed by atoms with van der Waals surface area (Å²) in [5.74, 6) is -1.22. The zero-order chi connectivity index (χ0) is 12.0. The first kappa shape index (κ1) is 13.0. The number of thioether (sulfide) groups is 1. The lowest BCUT2D eigenvalue weighted by molar-refractivity contribution is 0.0691. The van der Waals surface area contributed by atoms with E-state index in [2.05, 4.69) is 11.9 Å². The third kappa shape index (κ3) is 3.48. The molecule has 1 rings (SSSR count). The Kier molecular flexibility index (Phi) is 5.25. The van der Waals surface area contributed by atoms with E-state index in [1.54, 1.807) is 0 Å². The van der Waals surface area contributed by atoms with Crippen LogP contribution in [0, 0.1) is 5.82 Å². The van der Waals surface area contributed by atoms with Crippen molar-refractivity contribution < 1.29 is 14.3 Å². The van der Waals surface area contributed by atoms with Gasteiger partial charge in [-0.15, -0.1) is 11.8 Å². The fourth-order valence-electron chi connectivity index (χ4n) is 1.21. The lowest BCUT2D eigenvalue weighted by Crippen LogP contribution is -2.03. The van der Waals surface area contributed by atoms with E-state index in [1.807, 2.05) is 0 Å². The summed E-state index contributed by atoms with van der Waals surface area (Å²) in [5.41, 5.74) is -0.312. The number of carboxylic acid groups (broad SMARTS) is 1. The Morgan fingerprint density at radius 1 is 1.56 bits per heavy atom. The Morgan fingerprint density at radius 2 is 2.31 bits per heavy atom. The van der Waals surface area contributed by atoms with Crippen molar-refractivity contribution in [1.82, 2.24) is 4.98 Å². The van der Waals surface area contributed by atoms with E-state index in [9.17, 15) is 9.18 Å². The summed E-state index contributed by atoms with van der Waals surface area (Å²) in [7, 11) is 0. The van der Waals surface area contributed by atoms with E-state index in [1.165, 1.54) is 24.0 Å². The largest absolute Gasteiger partial charge is 0.478 e. The molecule has 0 radical (unpaired) electrons. The van der Waals surface area contributed by atoms with Gasteiger partial charge in [0, 0.05) is 6.20 Å². The number of aromatic nitrogens is 1. The summed E-state index contributed by atoms with van der Waals surface area (Å²) in [6.45, 7) is 2.09. The standard InChI is InChI=1S/C11H14FNO2S/c1-2-3-4-7-16-10-9(12)8(11(14)15)5-6-13-10/h5-6H,2-4,7H2,1H3,(H,14,15). The molecule has 0 bridgehead atoms. The smallest absolute Gasteiger partial charge is 0.338 e. The summed E-state index contributed by atoms with van der Waals surface area (Å²) in [5, 5.41) is 8.90. The fourth-order valence-corrected chi connectivity index (χ4v) is 2.13. The zero-order valence-electron chi connectivity index (χ0n) is 9.07. The van der Waals surface area contributed by atoms with Gasteiger partial charge < -0.3 is 5.11 Å². The Hall–Kier alpha value is -1.10. The number of nitrogens with zero attached hydrogens (tertiary/aromatic N) is 1. The minimum Gasteiger partial charge on any atom is -0.478 e. The predicted molar refractivity (Wildman–Crippen MR) is 61.4 cm³/mol. The van der Waals surface area contributed by atoms with Crippen LogP contribution in [0.4, 0.5) is 4.39 Å².